The van der Waals surface area contributed by atoms with Gasteiger partial charge in [-0.2, -0.15) is 0 Å². The fourth-order valence-corrected chi connectivity index (χ4v) is 2.34. The molecule has 2 heterocycles. The molecule has 21 heavy (non-hydrogen) atoms. The van der Waals surface area contributed by atoms with Crippen molar-refractivity contribution in [3.63, 3.8) is 0 Å². The number of hydrogen-bond donors (Lipinski definition) is 1. The highest BCUT2D eigenvalue weighted by Crippen LogP contribution is 2.06. The van der Waals surface area contributed by atoms with E-state index < -0.39 is 0 Å². The summed E-state index contributed by atoms with van der Waals surface area (Å²) in [5.74, 6) is 0. The van der Waals surface area contributed by atoms with E-state index in [4.69, 9.17) is 4.74 Å². The Morgan fingerprint density at radius 3 is 2.62 bits per heavy atom. The van der Waals surface area contributed by atoms with Crippen LogP contribution in [0.3, 0.4) is 0 Å². The average Bonchev–Trinajstić information content (AvgIpc) is 3.06. The maximum absolute atomic E-state index is 5.68. The predicted octanol–water partition coefficient (Wildman–Crippen LogP) is 1.28. The molecule has 0 amide bonds. The molecule has 120 valence electrons. The van der Waals surface area contributed by atoms with Crippen molar-refractivity contribution in [1.29, 1.82) is 0 Å². The molecule has 0 bridgehead atoms. The first-order valence-electron chi connectivity index (χ1n) is 7.97. The van der Waals surface area contributed by atoms with Gasteiger partial charge in [0.15, 0.2) is 0 Å². The number of nitrogens with zero attached hydrogens (tertiary/aromatic N) is 4. The van der Waals surface area contributed by atoms with Gasteiger partial charge in [-0.05, 0) is 46.7 Å². The van der Waals surface area contributed by atoms with Gasteiger partial charge >= 0.3 is 0 Å². The number of rotatable bonds is 8. The number of hydrogen-bond acceptors (Lipinski definition) is 5. The summed E-state index contributed by atoms with van der Waals surface area (Å²) < 4.78 is 7.53. The number of ether oxygens (including phenoxy) is 1. The van der Waals surface area contributed by atoms with Crippen LogP contribution in [0.2, 0.25) is 0 Å². The molecule has 0 spiro atoms. The lowest BCUT2D eigenvalue weighted by Gasteiger charge is -2.19. The minimum absolute atomic E-state index is 0.0997. The Kier molecular flexibility index (Phi) is 6.14. The zero-order chi connectivity index (χ0) is 15.1. The Labute approximate surface area is 127 Å². The van der Waals surface area contributed by atoms with E-state index in [0.29, 0.717) is 6.61 Å². The summed E-state index contributed by atoms with van der Waals surface area (Å²) >= 11 is 0. The number of likely N-dealkylation sites (tertiary alicyclic amines) is 1. The van der Waals surface area contributed by atoms with Gasteiger partial charge in [0.2, 0.25) is 0 Å². The molecule has 1 aliphatic heterocycles. The van der Waals surface area contributed by atoms with Crippen LogP contribution in [0.5, 0.6) is 0 Å². The number of aromatic nitrogens is 3. The van der Waals surface area contributed by atoms with E-state index in [1.165, 1.54) is 25.9 Å². The quantitative estimate of drug-likeness (QED) is 0.732. The molecular formula is C15H29N5O. The topological polar surface area (TPSA) is 55.2 Å². The fraction of sp³-hybridized carbons (Fsp3) is 0.867. The SMILES string of the molecule is CC(C)(C)NCc1cn(CCOCCN2CCCC2)nn1. The molecule has 0 radical (unpaired) electrons. The van der Waals surface area contributed by atoms with Crippen LogP contribution in [0.1, 0.15) is 39.3 Å². The average molecular weight is 295 g/mol. The van der Waals surface area contributed by atoms with Crippen molar-refractivity contribution in [2.45, 2.75) is 52.2 Å². The molecule has 0 aromatic carbocycles. The third-order valence-electron chi connectivity index (χ3n) is 3.60. The van der Waals surface area contributed by atoms with Gasteiger partial charge in [-0.3, -0.25) is 0 Å². The van der Waals surface area contributed by atoms with Gasteiger partial charge in [0, 0.05) is 24.8 Å². The van der Waals surface area contributed by atoms with Gasteiger partial charge < -0.3 is 15.0 Å². The van der Waals surface area contributed by atoms with Crippen LogP contribution in [0.25, 0.3) is 0 Å². The van der Waals surface area contributed by atoms with Crippen LogP contribution in [0.4, 0.5) is 0 Å². The van der Waals surface area contributed by atoms with Gasteiger partial charge in [0.25, 0.3) is 0 Å². The standard InChI is InChI=1S/C15H29N5O/c1-15(2,3)16-12-14-13-20(18-17-14)9-11-21-10-8-19-6-4-5-7-19/h13,16H,4-12H2,1-3H3. The summed E-state index contributed by atoms with van der Waals surface area (Å²) in [6.07, 6.45) is 4.66. The Bertz CT molecular complexity index is 406. The van der Waals surface area contributed by atoms with E-state index in [2.05, 4.69) is 41.3 Å². The zero-order valence-electron chi connectivity index (χ0n) is 13.6. The van der Waals surface area contributed by atoms with Gasteiger partial charge in [-0.15, -0.1) is 5.10 Å². The van der Waals surface area contributed by atoms with Crippen molar-refractivity contribution in [1.82, 2.24) is 25.2 Å². The highest BCUT2D eigenvalue weighted by Gasteiger charge is 2.11. The minimum atomic E-state index is 0.0997. The second-order valence-electron chi connectivity index (χ2n) is 6.74. The van der Waals surface area contributed by atoms with E-state index in [1.54, 1.807) is 0 Å². The molecule has 0 aliphatic carbocycles. The first-order chi connectivity index (χ1) is 10.0. The van der Waals surface area contributed by atoms with Crippen LogP contribution in [0, 0.1) is 0 Å². The van der Waals surface area contributed by atoms with E-state index in [-0.39, 0.29) is 5.54 Å². The summed E-state index contributed by atoms with van der Waals surface area (Å²) in [6, 6.07) is 0. The molecule has 1 saturated heterocycles. The molecule has 1 N–H and O–H groups in total. The van der Waals surface area contributed by atoms with Crippen LogP contribution in [-0.4, -0.2) is 58.3 Å². The highest BCUT2D eigenvalue weighted by molar-refractivity contribution is 4.92. The normalized spacial score (nSPS) is 16.7. The van der Waals surface area contributed by atoms with Gasteiger partial charge in [0.1, 0.15) is 0 Å². The Morgan fingerprint density at radius 2 is 1.90 bits per heavy atom. The summed E-state index contributed by atoms with van der Waals surface area (Å²) in [5, 5.41) is 11.7. The summed E-state index contributed by atoms with van der Waals surface area (Å²) in [6.45, 7) is 13.0. The molecule has 1 aromatic heterocycles. The lowest BCUT2D eigenvalue weighted by Crippen LogP contribution is -2.35. The molecule has 0 atom stereocenters. The van der Waals surface area contributed by atoms with Gasteiger partial charge in [-0.1, -0.05) is 5.21 Å². The van der Waals surface area contributed by atoms with Crippen LogP contribution in [0.15, 0.2) is 6.20 Å². The van der Waals surface area contributed by atoms with Crippen molar-refractivity contribution in [2.24, 2.45) is 0 Å². The summed E-state index contributed by atoms with van der Waals surface area (Å²) in [7, 11) is 0. The molecule has 1 fully saturated rings. The van der Waals surface area contributed by atoms with Crippen molar-refractivity contribution in [3.8, 4) is 0 Å². The first kappa shape index (κ1) is 16.4. The molecular weight excluding hydrogens is 266 g/mol. The lowest BCUT2D eigenvalue weighted by atomic mass is 10.1. The molecule has 0 saturated carbocycles. The van der Waals surface area contributed by atoms with Gasteiger partial charge in [-0.25, -0.2) is 4.68 Å². The fourth-order valence-electron chi connectivity index (χ4n) is 2.34. The van der Waals surface area contributed by atoms with E-state index in [0.717, 1.165) is 31.9 Å². The second kappa shape index (κ2) is 7.87. The third-order valence-corrected chi connectivity index (χ3v) is 3.60. The van der Waals surface area contributed by atoms with E-state index in [1.807, 2.05) is 10.9 Å². The summed E-state index contributed by atoms with van der Waals surface area (Å²) in [5.41, 5.74) is 1.07. The maximum atomic E-state index is 5.68. The number of nitrogens with one attached hydrogen (secondary N) is 1. The Morgan fingerprint density at radius 1 is 1.19 bits per heavy atom. The Balaban J connectivity index is 1.57. The van der Waals surface area contributed by atoms with Crippen LogP contribution < -0.4 is 5.32 Å². The predicted molar refractivity (Wildman–Crippen MR) is 83.1 cm³/mol. The van der Waals surface area contributed by atoms with E-state index in [9.17, 15) is 0 Å². The van der Waals surface area contributed by atoms with Crippen molar-refractivity contribution >= 4 is 0 Å². The summed E-state index contributed by atoms with van der Waals surface area (Å²) in [4.78, 5) is 2.46. The van der Waals surface area contributed by atoms with Gasteiger partial charge in [0.05, 0.1) is 25.5 Å². The zero-order valence-corrected chi connectivity index (χ0v) is 13.6. The third kappa shape index (κ3) is 6.54. The van der Waals surface area contributed by atoms with Crippen molar-refractivity contribution < 1.29 is 4.74 Å². The largest absolute Gasteiger partial charge is 0.378 e. The monoisotopic (exact) mass is 295 g/mol. The van der Waals surface area contributed by atoms with Crippen LogP contribution >= 0.6 is 0 Å². The second-order valence-corrected chi connectivity index (χ2v) is 6.74. The molecule has 2 rings (SSSR count). The smallest absolute Gasteiger partial charge is 0.0965 e. The van der Waals surface area contributed by atoms with E-state index >= 15 is 0 Å². The molecule has 1 aliphatic rings. The van der Waals surface area contributed by atoms with Crippen molar-refractivity contribution in [3.05, 3.63) is 11.9 Å². The maximum Gasteiger partial charge on any atom is 0.0965 e. The lowest BCUT2D eigenvalue weighted by molar-refractivity contribution is 0.102. The highest BCUT2D eigenvalue weighted by atomic mass is 16.5. The molecule has 1 aromatic rings. The molecule has 6 heteroatoms. The molecule has 0 unspecified atom stereocenters. The minimum Gasteiger partial charge on any atom is -0.378 e. The first-order valence-corrected chi connectivity index (χ1v) is 7.97. The van der Waals surface area contributed by atoms with Crippen LogP contribution in [-0.2, 0) is 17.8 Å². The van der Waals surface area contributed by atoms with Crippen molar-refractivity contribution in [2.75, 3.05) is 32.8 Å². The molecule has 6 nitrogen and oxygen atoms in total. The Hall–Kier alpha value is -0.980.